The molecule has 1 heterocycles. The van der Waals surface area contributed by atoms with Gasteiger partial charge in [0.15, 0.2) is 0 Å². The van der Waals surface area contributed by atoms with Gasteiger partial charge in [-0.2, -0.15) is 0 Å². The number of fused-ring (bicyclic) bond motifs is 1. The predicted octanol–water partition coefficient (Wildman–Crippen LogP) is 3.91. The van der Waals surface area contributed by atoms with E-state index in [1.165, 1.54) is 0 Å². The van der Waals surface area contributed by atoms with Crippen LogP contribution in [-0.2, 0) is 11.3 Å². The molecule has 0 spiro atoms. The van der Waals surface area contributed by atoms with Crippen molar-refractivity contribution in [3.8, 4) is 0 Å². The van der Waals surface area contributed by atoms with Crippen molar-refractivity contribution in [3.05, 3.63) is 29.0 Å². The quantitative estimate of drug-likeness (QED) is 0.818. The van der Waals surface area contributed by atoms with Crippen LogP contribution in [0.3, 0.4) is 0 Å². The molecule has 2 aromatic rings. The van der Waals surface area contributed by atoms with Crippen LogP contribution in [0.4, 0.5) is 0 Å². The summed E-state index contributed by atoms with van der Waals surface area (Å²) in [5.41, 5.74) is 1.75. The molecule has 0 aliphatic rings. The number of amides is 1. The number of halogens is 2. The van der Waals surface area contributed by atoms with E-state index in [9.17, 15) is 4.79 Å². The topological polar surface area (TPSA) is 46.9 Å². The van der Waals surface area contributed by atoms with Crippen LogP contribution in [0.25, 0.3) is 11.0 Å². The number of carbonyl (C=O) groups is 1. The molecule has 6 heteroatoms. The molecule has 114 valence electrons. The van der Waals surface area contributed by atoms with Crippen LogP contribution < -0.4 is 5.32 Å². The Balaban J connectivity index is 2.25. The Bertz CT molecular complexity index is 637. The molecule has 1 amide bonds. The van der Waals surface area contributed by atoms with E-state index in [-0.39, 0.29) is 11.3 Å². The third-order valence-corrected chi connectivity index (χ3v) is 3.66. The monoisotopic (exact) mass is 327 g/mol. The second-order valence-electron chi connectivity index (χ2n) is 4.97. The SMILES string of the molecule is CCCNC(=O)CCn1c(C(C)Cl)nc2ccc(Cl)cc21. The number of carbonyl (C=O) groups excluding carboxylic acids is 1. The molecule has 1 N–H and O–H groups in total. The average Bonchev–Trinajstić information content (AvgIpc) is 2.81. The molecule has 0 saturated carbocycles. The molecule has 1 atom stereocenters. The van der Waals surface area contributed by atoms with Crippen LogP contribution in [-0.4, -0.2) is 22.0 Å². The van der Waals surface area contributed by atoms with Crippen molar-refractivity contribution >= 4 is 40.1 Å². The number of imidazole rings is 1. The number of benzene rings is 1. The fourth-order valence-corrected chi connectivity index (χ4v) is 2.55. The molecule has 21 heavy (non-hydrogen) atoms. The third kappa shape index (κ3) is 3.89. The van der Waals surface area contributed by atoms with E-state index in [2.05, 4.69) is 10.3 Å². The lowest BCUT2D eigenvalue weighted by Crippen LogP contribution is -2.25. The summed E-state index contributed by atoms with van der Waals surface area (Å²) in [5.74, 6) is 0.797. The second kappa shape index (κ2) is 7.14. The van der Waals surface area contributed by atoms with Crippen LogP contribution >= 0.6 is 23.2 Å². The summed E-state index contributed by atoms with van der Waals surface area (Å²) in [6.07, 6.45) is 1.33. The van der Waals surface area contributed by atoms with Crippen molar-refractivity contribution in [2.24, 2.45) is 0 Å². The zero-order valence-corrected chi connectivity index (χ0v) is 13.7. The summed E-state index contributed by atoms with van der Waals surface area (Å²) in [5, 5.41) is 3.29. The van der Waals surface area contributed by atoms with E-state index in [1.54, 1.807) is 6.07 Å². The summed E-state index contributed by atoms with van der Waals surface area (Å²) in [4.78, 5) is 16.3. The van der Waals surface area contributed by atoms with Gasteiger partial charge in [0.25, 0.3) is 0 Å². The van der Waals surface area contributed by atoms with Crippen LogP contribution in [0, 0.1) is 0 Å². The first-order valence-corrected chi connectivity index (χ1v) is 7.90. The summed E-state index contributed by atoms with van der Waals surface area (Å²) < 4.78 is 1.98. The van der Waals surface area contributed by atoms with E-state index in [4.69, 9.17) is 23.2 Å². The Morgan fingerprint density at radius 1 is 1.48 bits per heavy atom. The largest absolute Gasteiger partial charge is 0.356 e. The zero-order valence-electron chi connectivity index (χ0n) is 12.2. The molecular formula is C15H19Cl2N3O. The van der Waals surface area contributed by atoms with Gasteiger partial charge in [-0.05, 0) is 31.5 Å². The molecule has 0 fully saturated rings. The van der Waals surface area contributed by atoms with Gasteiger partial charge in [0.05, 0.1) is 16.4 Å². The van der Waals surface area contributed by atoms with Gasteiger partial charge in [-0.15, -0.1) is 11.6 Å². The Kier molecular flexibility index (Phi) is 5.48. The number of alkyl halides is 1. The normalized spacial score (nSPS) is 12.6. The van der Waals surface area contributed by atoms with Gasteiger partial charge in [0.1, 0.15) is 5.82 Å². The lowest BCUT2D eigenvalue weighted by atomic mass is 10.3. The van der Waals surface area contributed by atoms with Crippen molar-refractivity contribution in [1.29, 1.82) is 0 Å². The van der Waals surface area contributed by atoms with Gasteiger partial charge >= 0.3 is 0 Å². The first kappa shape index (κ1) is 16.1. The van der Waals surface area contributed by atoms with Crippen molar-refractivity contribution < 1.29 is 4.79 Å². The Labute approximate surface area is 134 Å². The molecule has 1 unspecified atom stereocenters. The molecule has 0 aliphatic heterocycles. The van der Waals surface area contributed by atoms with Gasteiger partial charge in [-0.25, -0.2) is 4.98 Å². The highest BCUT2D eigenvalue weighted by atomic mass is 35.5. The van der Waals surface area contributed by atoms with Gasteiger partial charge in [-0.3, -0.25) is 4.79 Å². The fourth-order valence-electron chi connectivity index (χ4n) is 2.22. The Hall–Kier alpha value is -1.26. The summed E-state index contributed by atoms with van der Waals surface area (Å²) in [7, 11) is 0. The van der Waals surface area contributed by atoms with Crippen LogP contribution in [0.15, 0.2) is 18.2 Å². The summed E-state index contributed by atoms with van der Waals surface area (Å²) in [6, 6.07) is 5.53. The van der Waals surface area contributed by atoms with Gasteiger partial charge < -0.3 is 9.88 Å². The highest BCUT2D eigenvalue weighted by Crippen LogP contribution is 2.26. The van der Waals surface area contributed by atoms with Gasteiger partial charge in [0, 0.05) is 24.5 Å². The van der Waals surface area contributed by atoms with Crippen molar-refractivity contribution in [3.63, 3.8) is 0 Å². The lowest BCUT2D eigenvalue weighted by Gasteiger charge is -2.10. The molecule has 1 aromatic heterocycles. The van der Waals surface area contributed by atoms with Gasteiger partial charge in [0.2, 0.25) is 5.91 Å². The Morgan fingerprint density at radius 3 is 2.90 bits per heavy atom. The minimum absolute atomic E-state index is 0.0360. The molecular weight excluding hydrogens is 309 g/mol. The standard InChI is InChI=1S/C15H19Cl2N3O/c1-3-7-18-14(21)6-8-20-13-9-11(17)4-5-12(13)19-15(20)10(2)16/h4-5,9-10H,3,6-8H2,1-2H3,(H,18,21). The first-order valence-electron chi connectivity index (χ1n) is 7.09. The van der Waals surface area contributed by atoms with Crippen LogP contribution in [0.1, 0.15) is 37.9 Å². The molecule has 0 bridgehead atoms. The highest BCUT2D eigenvalue weighted by molar-refractivity contribution is 6.31. The average molecular weight is 328 g/mol. The molecule has 4 nitrogen and oxygen atoms in total. The predicted molar refractivity (Wildman–Crippen MR) is 86.9 cm³/mol. The highest BCUT2D eigenvalue weighted by Gasteiger charge is 2.16. The number of hydrogen-bond donors (Lipinski definition) is 1. The smallest absolute Gasteiger partial charge is 0.221 e. The minimum Gasteiger partial charge on any atom is -0.356 e. The number of nitrogens with one attached hydrogen (secondary N) is 1. The zero-order chi connectivity index (χ0) is 15.4. The number of nitrogens with zero attached hydrogens (tertiary/aromatic N) is 2. The van der Waals surface area contributed by atoms with E-state index < -0.39 is 0 Å². The summed E-state index contributed by atoms with van der Waals surface area (Å²) >= 11 is 12.3. The van der Waals surface area contributed by atoms with Crippen molar-refractivity contribution in [1.82, 2.24) is 14.9 Å². The Morgan fingerprint density at radius 2 is 2.24 bits per heavy atom. The maximum absolute atomic E-state index is 11.8. The van der Waals surface area contributed by atoms with Crippen molar-refractivity contribution in [2.75, 3.05) is 6.54 Å². The molecule has 0 saturated heterocycles. The van der Waals surface area contributed by atoms with Crippen molar-refractivity contribution in [2.45, 2.75) is 38.6 Å². The number of hydrogen-bond acceptors (Lipinski definition) is 2. The number of aryl methyl sites for hydroxylation is 1. The fraction of sp³-hybridized carbons (Fsp3) is 0.467. The van der Waals surface area contributed by atoms with Crippen LogP contribution in [0.5, 0.6) is 0 Å². The third-order valence-electron chi connectivity index (χ3n) is 3.23. The minimum atomic E-state index is -0.227. The van der Waals surface area contributed by atoms with E-state index in [1.807, 2.05) is 30.5 Å². The molecule has 2 rings (SSSR count). The number of rotatable bonds is 6. The number of aromatic nitrogens is 2. The van der Waals surface area contributed by atoms with Gasteiger partial charge in [-0.1, -0.05) is 18.5 Å². The molecule has 0 aliphatic carbocycles. The first-order chi connectivity index (χ1) is 10.0. The van der Waals surface area contributed by atoms with Crippen LogP contribution in [0.2, 0.25) is 5.02 Å². The lowest BCUT2D eigenvalue weighted by molar-refractivity contribution is -0.121. The summed E-state index contributed by atoms with van der Waals surface area (Å²) in [6.45, 7) is 5.14. The van der Waals surface area contributed by atoms with E-state index >= 15 is 0 Å². The molecule has 0 radical (unpaired) electrons. The van der Waals surface area contributed by atoms with E-state index in [0.717, 1.165) is 23.3 Å². The van der Waals surface area contributed by atoms with E-state index in [0.29, 0.717) is 24.5 Å². The second-order valence-corrected chi connectivity index (χ2v) is 6.06. The molecule has 1 aromatic carbocycles. The maximum atomic E-state index is 11.8. The maximum Gasteiger partial charge on any atom is 0.221 e.